The predicted octanol–water partition coefficient (Wildman–Crippen LogP) is 5.20. The molecule has 3 aromatic rings. The summed E-state index contributed by atoms with van der Waals surface area (Å²) in [4.78, 5) is 19.8. The van der Waals surface area contributed by atoms with Crippen LogP contribution in [0.4, 0.5) is 0 Å². The summed E-state index contributed by atoms with van der Waals surface area (Å²) in [7, 11) is 0. The van der Waals surface area contributed by atoms with E-state index in [1.165, 1.54) is 4.88 Å². The van der Waals surface area contributed by atoms with Crippen molar-refractivity contribution in [2.75, 3.05) is 6.61 Å². The van der Waals surface area contributed by atoms with Gasteiger partial charge in [-0.3, -0.25) is 9.36 Å². The highest BCUT2D eigenvalue weighted by molar-refractivity contribution is 7.18. The number of hydrogen-bond acceptors (Lipinski definition) is 4. The first-order chi connectivity index (χ1) is 13.1. The minimum atomic E-state index is 0.0972. The highest BCUT2D eigenvalue weighted by Crippen LogP contribution is 2.32. The number of aryl methyl sites for hydroxylation is 2. The summed E-state index contributed by atoms with van der Waals surface area (Å²) in [6, 6.07) is 8.14. The highest BCUT2D eigenvalue weighted by atomic mass is 32.1. The fourth-order valence-electron chi connectivity index (χ4n) is 3.46. The largest absolute Gasteiger partial charge is 0.494 e. The number of aromatic nitrogens is 2. The van der Waals surface area contributed by atoms with Crippen molar-refractivity contribution in [2.24, 2.45) is 0 Å². The van der Waals surface area contributed by atoms with Gasteiger partial charge in [0, 0.05) is 11.4 Å². The second-order valence-corrected chi connectivity index (χ2v) is 8.25. The van der Waals surface area contributed by atoms with Gasteiger partial charge in [-0.1, -0.05) is 25.5 Å². The van der Waals surface area contributed by atoms with Gasteiger partial charge in [0.05, 0.1) is 12.0 Å². The van der Waals surface area contributed by atoms with E-state index in [4.69, 9.17) is 9.72 Å². The van der Waals surface area contributed by atoms with Gasteiger partial charge in [0.25, 0.3) is 5.56 Å². The Morgan fingerprint density at radius 1 is 1.26 bits per heavy atom. The Morgan fingerprint density at radius 2 is 2.04 bits per heavy atom. The lowest BCUT2D eigenvalue weighted by Crippen LogP contribution is -2.20. The molecular weight excluding hydrogens is 356 g/mol. The molecule has 27 heavy (non-hydrogen) atoms. The van der Waals surface area contributed by atoms with Crippen molar-refractivity contribution in [3.05, 3.63) is 56.4 Å². The van der Waals surface area contributed by atoms with Crippen LogP contribution in [0.5, 0.6) is 5.75 Å². The number of hydrogen-bond donors (Lipinski definition) is 0. The Morgan fingerprint density at radius 3 is 2.78 bits per heavy atom. The lowest BCUT2D eigenvalue weighted by atomic mass is 10.1. The van der Waals surface area contributed by atoms with Crippen molar-refractivity contribution < 1.29 is 4.74 Å². The molecule has 0 amide bonds. The summed E-state index contributed by atoms with van der Waals surface area (Å²) < 4.78 is 7.56. The summed E-state index contributed by atoms with van der Waals surface area (Å²) in [6.07, 6.45) is 5.18. The van der Waals surface area contributed by atoms with Gasteiger partial charge >= 0.3 is 0 Å². The number of benzene rings is 1. The lowest BCUT2D eigenvalue weighted by molar-refractivity contribution is 0.309. The Labute approximate surface area is 163 Å². The van der Waals surface area contributed by atoms with E-state index in [0.717, 1.165) is 64.4 Å². The second kappa shape index (κ2) is 7.31. The third-order valence-corrected chi connectivity index (χ3v) is 6.27. The summed E-state index contributed by atoms with van der Waals surface area (Å²) in [6.45, 7) is 7.68. The first-order valence-electron chi connectivity index (χ1n) is 9.53. The molecule has 0 atom stereocenters. The molecule has 4 nitrogen and oxygen atoms in total. The van der Waals surface area contributed by atoms with Crippen molar-refractivity contribution in [3.8, 4) is 5.75 Å². The minimum absolute atomic E-state index is 0.0972. The summed E-state index contributed by atoms with van der Waals surface area (Å²) in [5.74, 6) is 1.72. The Hall–Kier alpha value is -2.40. The minimum Gasteiger partial charge on any atom is -0.494 e. The second-order valence-electron chi connectivity index (χ2n) is 7.05. The average molecular weight is 381 g/mol. The summed E-state index contributed by atoms with van der Waals surface area (Å²) in [5, 5.41) is 0.788. The predicted molar refractivity (Wildman–Crippen MR) is 113 cm³/mol. The molecule has 0 saturated heterocycles. The van der Waals surface area contributed by atoms with Crippen LogP contribution in [0.15, 0.2) is 29.1 Å². The van der Waals surface area contributed by atoms with Gasteiger partial charge in [0.2, 0.25) is 0 Å². The van der Waals surface area contributed by atoms with Crippen LogP contribution < -0.4 is 10.3 Å². The number of fused-ring (bicyclic) bond motifs is 2. The number of thiophene rings is 1. The summed E-state index contributed by atoms with van der Waals surface area (Å²) >= 11 is 1.61. The zero-order valence-electron chi connectivity index (χ0n) is 16.0. The first kappa shape index (κ1) is 18.0. The molecule has 5 heteroatoms. The molecule has 0 fully saturated rings. The quantitative estimate of drug-likeness (QED) is 0.572. The monoisotopic (exact) mass is 380 g/mol. The Kier molecular flexibility index (Phi) is 4.87. The average Bonchev–Trinajstić information content (AvgIpc) is 3.18. The molecule has 1 aliphatic rings. The third-order valence-electron chi connectivity index (χ3n) is 5.17. The number of allylic oxidation sites excluding steroid dienone is 1. The van der Waals surface area contributed by atoms with Gasteiger partial charge in [0.15, 0.2) is 0 Å². The molecule has 0 spiro atoms. The molecule has 0 aliphatic carbocycles. The van der Waals surface area contributed by atoms with Crippen LogP contribution in [0.3, 0.4) is 0 Å². The molecular formula is C22H24N2O2S. The van der Waals surface area contributed by atoms with Crippen LogP contribution in [0.2, 0.25) is 0 Å². The molecule has 1 aliphatic heterocycles. The normalized spacial score (nSPS) is 14.9. The smallest absolute Gasteiger partial charge is 0.262 e. The van der Waals surface area contributed by atoms with E-state index in [-0.39, 0.29) is 5.56 Å². The molecule has 0 N–H and O–H groups in total. The van der Waals surface area contributed by atoms with E-state index in [1.54, 1.807) is 11.3 Å². The maximum absolute atomic E-state index is 12.9. The maximum Gasteiger partial charge on any atom is 0.262 e. The molecule has 0 unspecified atom stereocenters. The number of ether oxygens (including phenoxy) is 1. The van der Waals surface area contributed by atoms with Crippen LogP contribution in [0, 0.1) is 13.8 Å². The molecule has 0 saturated carbocycles. The van der Waals surface area contributed by atoms with Crippen molar-refractivity contribution in [3.63, 3.8) is 0 Å². The van der Waals surface area contributed by atoms with E-state index < -0.39 is 0 Å². The topological polar surface area (TPSA) is 44.1 Å². The molecule has 140 valence electrons. The van der Waals surface area contributed by atoms with Crippen LogP contribution in [0.1, 0.15) is 48.0 Å². The molecule has 1 aromatic carbocycles. The molecule has 3 heterocycles. The van der Waals surface area contributed by atoms with E-state index in [9.17, 15) is 4.79 Å². The van der Waals surface area contributed by atoms with Crippen LogP contribution in [0.25, 0.3) is 21.9 Å². The van der Waals surface area contributed by atoms with Crippen LogP contribution in [-0.4, -0.2) is 16.2 Å². The SMILES string of the molecule is CCCCOc1ccc(C=C2CCn3c2nc2sc(C)c(C)c2c3=O)cc1. The van der Waals surface area contributed by atoms with Gasteiger partial charge in [-0.15, -0.1) is 11.3 Å². The molecule has 0 radical (unpaired) electrons. The third kappa shape index (κ3) is 3.32. The lowest BCUT2D eigenvalue weighted by Gasteiger charge is -2.06. The number of rotatable bonds is 5. The standard InChI is InChI=1S/C22H24N2O2S/c1-4-5-12-26-18-8-6-16(7-9-18)13-17-10-11-24-20(17)23-21-19(22(24)25)14(2)15(3)27-21/h6-9,13H,4-5,10-12H2,1-3H3. The van der Waals surface area contributed by atoms with E-state index in [1.807, 2.05) is 23.6 Å². The van der Waals surface area contributed by atoms with Crippen LogP contribution in [-0.2, 0) is 6.54 Å². The van der Waals surface area contributed by atoms with Gasteiger partial charge in [0.1, 0.15) is 16.4 Å². The zero-order valence-corrected chi connectivity index (χ0v) is 16.9. The van der Waals surface area contributed by atoms with Crippen LogP contribution >= 0.6 is 11.3 Å². The fourth-order valence-corrected chi connectivity index (χ4v) is 4.48. The van der Waals surface area contributed by atoms with Gasteiger partial charge in [-0.05, 0) is 61.6 Å². The molecule has 4 rings (SSSR count). The summed E-state index contributed by atoms with van der Waals surface area (Å²) in [5.41, 5.74) is 3.39. The number of nitrogens with zero attached hydrogens (tertiary/aromatic N) is 2. The van der Waals surface area contributed by atoms with E-state index >= 15 is 0 Å². The van der Waals surface area contributed by atoms with Gasteiger partial charge < -0.3 is 4.74 Å². The Bertz CT molecular complexity index is 1070. The van der Waals surface area contributed by atoms with Crippen molar-refractivity contribution in [1.82, 2.24) is 9.55 Å². The van der Waals surface area contributed by atoms with Crippen molar-refractivity contribution in [2.45, 2.75) is 46.6 Å². The van der Waals surface area contributed by atoms with Crippen molar-refractivity contribution in [1.29, 1.82) is 0 Å². The molecule has 2 aromatic heterocycles. The van der Waals surface area contributed by atoms with E-state index in [0.29, 0.717) is 6.54 Å². The highest BCUT2D eigenvalue weighted by Gasteiger charge is 2.23. The Balaban J connectivity index is 1.66. The first-order valence-corrected chi connectivity index (χ1v) is 10.3. The number of unbranched alkanes of at least 4 members (excludes halogenated alkanes) is 1. The van der Waals surface area contributed by atoms with Gasteiger partial charge in [-0.2, -0.15) is 0 Å². The van der Waals surface area contributed by atoms with Gasteiger partial charge in [-0.25, -0.2) is 4.98 Å². The van der Waals surface area contributed by atoms with E-state index in [2.05, 4.69) is 32.1 Å². The van der Waals surface area contributed by atoms with Crippen molar-refractivity contribution >= 4 is 33.2 Å². The molecule has 0 bridgehead atoms. The maximum atomic E-state index is 12.9. The zero-order chi connectivity index (χ0) is 19.0. The fraction of sp³-hybridized carbons (Fsp3) is 0.364.